The van der Waals surface area contributed by atoms with Crippen molar-refractivity contribution in [1.82, 2.24) is 0 Å². The van der Waals surface area contributed by atoms with Crippen molar-refractivity contribution in [2.24, 2.45) is 5.92 Å². The highest BCUT2D eigenvalue weighted by Crippen LogP contribution is 2.43. The number of rotatable bonds is 1. The van der Waals surface area contributed by atoms with Gasteiger partial charge in [0.2, 0.25) is 0 Å². The van der Waals surface area contributed by atoms with E-state index in [1.807, 2.05) is 0 Å². The highest BCUT2D eigenvalue weighted by Gasteiger charge is 2.48. The van der Waals surface area contributed by atoms with Crippen LogP contribution in [-0.2, 0) is 9.59 Å². The molecule has 14 heavy (non-hydrogen) atoms. The average molecular weight is 194 g/mol. The number of Topliss-reactive ketones (excluding diaryl/α,β-unsaturated/α-hetero) is 1. The van der Waals surface area contributed by atoms with Crippen LogP contribution in [-0.4, -0.2) is 22.3 Å². The number of ketones is 2. The third-order valence-electron chi connectivity index (χ3n) is 3.44. The molecular formula is C11H14O3. The summed E-state index contributed by atoms with van der Waals surface area (Å²) in [5.74, 6) is -0.345. The molecule has 1 fully saturated rings. The number of fused-ring (bicyclic) bond motifs is 1. The summed E-state index contributed by atoms with van der Waals surface area (Å²) in [6, 6.07) is 0. The fourth-order valence-electron chi connectivity index (χ4n) is 2.51. The van der Waals surface area contributed by atoms with Crippen molar-refractivity contribution in [3.63, 3.8) is 0 Å². The molecule has 0 spiro atoms. The van der Waals surface area contributed by atoms with E-state index in [0.29, 0.717) is 18.4 Å². The molecule has 0 aromatic rings. The number of hydrogen-bond acceptors (Lipinski definition) is 3. The summed E-state index contributed by atoms with van der Waals surface area (Å²) >= 11 is 0. The predicted molar refractivity (Wildman–Crippen MR) is 50.7 cm³/mol. The SMILES string of the molecule is CC(=O)C1=CC(=O)[C@@]2(O)CCC[C@@H]2C1. The average Bonchev–Trinajstić information content (AvgIpc) is 2.48. The van der Waals surface area contributed by atoms with Crippen LogP contribution < -0.4 is 0 Å². The highest BCUT2D eigenvalue weighted by molar-refractivity contribution is 6.06. The molecule has 2 aliphatic carbocycles. The van der Waals surface area contributed by atoms with Crippen LogP contribution in [0.4, 0.5) is 0 Å². The van der Waals surface area contributed by atoms with E-state index in [4.69, 9.17) is 0 Å². The Balaban J connectivity index is 2.34. The van der Waals surface area contributed by atoms with Gasteiger partial charge in [-0.25, -0.2) is 0 Å². The van der Waals surface area contributed by atoms with E-state index >= 15 is 0 Å². The molecule has 3 nitrogen and oxygen atoms in total. The molecule has 1 saturated carbocycles. The van der Waals surface area contributed by atoms with E-state index in [-0.39, 0.29) is 17.5 Å². The molecule has 0 bridgehead atoms. The Morgan fingerprint density at radius 1 is 1.64 bits per heavy atom. The molecule has 76 valence electrons. The second-order valence-corrected chi connectivity index (χ2v) is 4.31. The first kappa shape index (κ1) is 9.59. The number of hydrogen-bond donors (Lipinski definition) is 1. The maximum atomic E-state index is 11.6. The van der Waals surface area contributed by atoms with Crippen LogP contribution in [0, 0.1) is 5.92 Å². The van der Waals surface area contributed by atoms with E-state index in [0.717, 1.165) is 12.8 Å². The molecule has 1 N–H and O–H groups in total. The number of allylic oxidation sites excluding steroid dienone is 1. The maximum absolute atomic E-state index is 11.6. The van der Waals surface area contributed by atoms with Crippen LogP contribution in [0.2, 0.25) is 0 Å². The van der Waals surface area contributed by atoms with E-state index in [9.17, 15) is 14.7 Å². The molecule has 0 aromatic heterocycles. The molecule has 3 heteroatoms. The topological polar surface area (TPSA) is 54.4 Å². The lowest BCUT2D eigenvalue weighted by molar-refractivity contribution is -0.137. The fraction of sp³-hybridized carbons (Fsp3) is 0.636. The minimum atomic E-state index is -1.15. The molecule has 2 rings (SSSR count). The molecule has 2 atom stereocenters. The molecule has 0 unspecified atom stereocenters. The van der Waals surface area contributed by atoms with Crippen molar-refractivity contribution in [2.75, 3.05) is 0 Å². The lowest BCUT2D eigenvalue weighted by atomic mass is 9.76. The van der Waals surface area contributed by atoms with Crippen LogP contribution in [0.3, 0.4) is 0 Å². The summed E-state index contributed by atoms with van der Waals surface area (Å²) in [4.78, 5) is 22.8. The first-order chi connectivity index (χ1) is 6.54. The fourth-order valence-corrected chi connectivity index (χ4v) is 2.51. The van der Waals surface area contributed by atoms with Gasteiger partial charge in [0.1, 0.15) is 5.60 Å². The monoisotopic (exact) mass is 194 g/mol. The van der Waals surface area contributed by atoms with Gasteiger partial charge in [-0.05, 0) is 50.2 Å². The highest BCUT2D eigenvalue weighted by atomic mass is 16.3. The Morgan fingerprint density at radius 3 is 3.00 bits per heavy atom. The number of aliphatic hydroxyl groups is 1. The predicted octanol–water partition coefficient (Wildman–Crippen LogP) is 1.01. The standard InChI is InChI=1S/C11H14O3/c1-7(12)8-5-9-3-2-4-11(9,14)10(13)6-8/h6,9,14H,2-5H2,1H3/t9-,11-/m1/s1. The van der Waals surface area contributed by atoms with Gasteiger partial charge in [-0.2, -0.15) is 0 Å². The Morgan fingerprint density at radius 2 is 2.36 bits per heavy atom. The second-order valence-electron chi connectivity index (χ2n) is 4.31. The Hall–Kier alpha value is -0.960. The van der Waals surface area contributed by atoms with Gasteiger partial charge in [-0.15, -0.1) is 0 Å². The summed E-state index contributed by atoms with van der Waals surface area (Å²) in [7, 11) is 0. The third kappa shape index (κ3) is 1.23. The van der Waals surface area contributed by atoms with Crippen LogP contribution in [0.1, 0.15) is 32.6 Å². The third-order valence-corrected chi connectivity index (χ3v) is 3.44. The smallest absolute Gasteiger partial charge is 0.187 e. The minimum Gasteiger partial charge on any atom is -0.381 e. The van der Waals surface area contributed by atoms with Gasteiger partial charge in [-0.3, -0.25) is 9.59 Å². The lowest BCUT2D eigenvalue weighted by Crippen LogP contribution is -2.44. The molecule has 0 heterocycles. The van der Waals surface area contributed by atoms with Gasteiger partial charge in [-0.1, -0.05) is 0 Å². The van der Waals surface area contributed by atoms with Gasteiger partial charge < -0.3 is 5.11 Å². The molecule has 0 aliphatic heterocycles. The molecule has 0 amide bonds. The second kappa shape index (κ2) is 3.02. The first-order valence-corrected chi connectivity index (χ1v) is 5.02. The van der Waals surface area contributed by atoms with Crippen LogP contribution in [0.5, 0.6) is 0 Å². The van der Waals surface area contributed by atoms with E-state index < -0.39 is 5.60 Å². The summed E-state index contributed by atoms with van der Waals surface area (Å²) in [5.41, 5.74) is -0.578. The maximum Gasteiger partial charge on any atom is 0.187 e. The normalized spacial score (nSPS) is 36.6. The van der Waals surface area contributed by atoms with Gasteiger partial charge in [0.05, 0.1) is 0 Å². The number of carbonyl (C=O) groups is 2. The van der Waals surface area contributed by atoms with Crippen LogP contribution >= 0.6 is 0 Å². The summed E-state index contributed by atoms with van der Waals surface area (Å²) in [6.07, 6.45) is 4.19. The summed E-state index contributed by atoms with van der Waals surface area (Å²) in [5, 5.41) is 10.1. The Labute approximate surface area is 82.8 Å². The molecule has 2 aliphatic rings. The molecule has 0 saturated heterocycles. The van der Waals surface area contributed by atoms with E-state index in [1.165, 1.54) is 13.0 Å². The quantitative estimate of drug-likeness (QED) is 0.677. The van der Waals surface area contributed by atoms with Crippen molar-refractivity contribution in [1.29, 1.82) is 0 Å². The van der Waals surface area contributed by atoms with Crippen LogP contribution in [0.15, 0.2) is 11.6 Å². The van der Waals surface area contributed by atoms with Crippen molar-refractivity contribution in [3.05, 3.63) is 11.6 Å². The molecular weight excluding hydrogens is 180 g/mol. The van der Waals surface area contributed by atoms with Crippen molar-refractivity contribution < 1.29 is 14.7 Å². The van der Waals surface area contributed by atoms with Gasteiger partial charge in [0.25, 0.3) is 0 Å². The lowest BCUT2D eigenvalue weighted by Gasteiger charge is -2.31. The summed E-state index contributed by atoms with van der Waals surface area (Å²) < 4.78 is 0. The Bertz CT molecular complexity index is 329. The van der Waals surface area contributed by atoms with Crippen molar-refractivity contribution >= 4 is 11.6 Å². The van der Waals surface area contributed by atoms with Crippen LogP contribution in [0.25, 0.3) is 0 Å². The van der Waals surface area contributed by atoms with Gasteiger partial charge in [0.15, 0.2) is 11.6 Å². The van der Waals surface area contributed by atoms with Gasteiger partial charge >= 0.3 is 0 Å². The minimum absolute atomic E-state index is 0.0288. The zero-order valence-electron chi connectivity index (χ0n) is 8.25. The zero-order valence-corrected chi connectivity index (χ0v) is 8.25. The molecule has 0 aromatic carbocycles. The van der Waals surface area contributed by atoms with Crippen molar-refractivity contribution in [2.45, 2.75) is 38.2 Å². The van der Waals surface area contributed by atoms with Gasteiger partial charge in [0, 0.05) is 0 Å². The Kier molecular flexibility index (Phi) is 2.07. The van der Waals surface area contributed by atoms with Crippen molar-refractivity contribution in [3.8, 4) is 0 Å². The molecule has 0 radical (unpaired) electrons. The number of carbonyl (C=O) groups excluding carboxylic acids is 2. The van der Waals surface area contributed by atoms with E-state index in [2.05, 4.69) is 0 Å². The largest absolute Gasteiger partial charge is 0.381 e. The zero-order chi connectivity index (χ0) is 10.3. The summed E-state index contributed by atoms with van der Waals surface area (Å²) in [6.45, 7) is 1.47. The first-order valence-electron chi connectivity index (χ1n) is 5.02. The van der Waals surface area contributed by atoms with E-state index in [1.54, 1.807) is 0 Å².